The van der Waals surface area contributed by atoms with Crippen LogP contribution in [-0.2, 0) is 0 Å². The molecule has 0 saturated heterocycles. The molecule has 0 N–H and O–H groups in total. The smallest absolute Gasteiger partial charge is 0.0159 e. The lowest BCUT2D eigenvalue weighted by Gasteiger charge is -2.29. The van der Waals surface area contributed by atoms with Crippen molar-refractivity contribution in [2.75, 3.05) is 0 Å². The highest BCUT2D eigenvalue weighted by atomic mass is 14.3. The molecule has 0 spiro atoms. The summed E-state index contributed by atoms with van der Waals surface area (Å²) in [5.41, 5.74) is 2.74. The summed E-state index contributed by atoms with van der Waals surface area (Å²) in [4.78, 5) is 0. The molecular weight excluding hydrogens is 192 g/mol. The molecule has 0 heterocycles. The number of hydrogen-bond acceptors (Lipinski definition) is 0. The standard InChI is InChI=1S/C16H23/c1-3-6-14-9-11-15(12-10-14)16-8-5-4-7-13(16)2/h4-5,7-8,14-15H,2-3,6,9-12H2,1H3. The van der Waals surface area contributed by atoms with Crippen molar-refractivity contribution in [3.8, 4) is 0 Å². The van der Waals surface area contributed by atoms with E-state index in [1.165, 1.54) is 49.7 Å². The van der Waals surface area contributed by atoms with Crippen LogP contribution >= 0.6 is 0 Å². The first-order valence-electron chi connectivity index (χ1n) is 6.72. The normalized spacial score (nSPS) is 25.6. The topological polar surface area (TPSA) is 0 Å². The second-order valence-corrected chi connectivity index (χ2v) is 5.21. The number of hydrogen-bond donors (Lipinski definition) is 0. The highest BCUT2D eigenvalue weighted by Crippen LogP contribution is 2.38. The third-order valence-electron chi connectivity index (χ3n) is 4.04. The van der Waals surface area contributed by atoms with Gasteiger partial charge in [0, 0.05) is 0 Å². The Morgan fingerprint density at radius 2 is 1.81 bits per heavy atom. The fourth-order valence-electron chi connectivity index (χ4n) is 3.10. The molecule has 0 unspecified atom stereocenters. The maximum Gasteiger partial charge on any atom is -0.0159 e. The van der Waals surface area contributed by atoms with Gasteiger partial charge in [0.25, 0.3) is 0 Å². The first kappa shape index (κ1) is 11.7. The fraction of sp³-hybridized carbons (Fsp3) is 0.562. The van der Waals surface area contributed by atoms with Crippen molar-refractivity contribution in [2.45, 2.75) is 51.4 Å². The van der Waals surface area contributed by atoms with Crippen LogP contribution in [0.5, 0.6) is 0 Å². The third kappa shape index (κ3) is 2.66. The Hall–Kier alpha value is -0.780. The van der Waals surface area contributed by atoms with Gasteiger partial charge in [0.1, 0.15) is 0 Å². The van der Waals surface area contributed by atoms with Crippen LogP contribution in [0.2, 0.25) is 0 Å². The van der Waals surface area contributed by atoms with Crippen LogP contribution in [0.25, 0.3) is 0 Å². The summed E-state index contributed by atoms with van der Waals surface area (Å²) < 4.78 is 0. The minimum Gasteiger partial charge on any atom is -0.0654 e. The highest BCUT2D eigenvalue weighted by Gasteiger charge is 2.22. The molecule has 2 rings (SSSR count). The molecule has 87 valence electrons. The van der Waals surface area contributed by atoms with E-state index in [4.69, 9.17) is 0 Å². The van der Waals surface area contributed by atoms with E-state index >= 15 is 0 Å². The Bertz CT molecular complexity index is 319. The molecule has 0 bridgehead atoms. The summed E-state index contributed by atoms with van der Waals surface area (Å²) in [5.74, 6) is 1.78. The first-order valence-corrected chi connectivity index (χ1v) is 6.72. The summed E-state index contributed by atoms with van der Waals surface area (Å²) in [6, 6.07) is 8.66. The molecule has 1 radical (unpaired) electrons. The van der Waals surface area contributed by atoms with Gasteiger partial charge in [-0.15, -0.1) is 0 Å². The molecule has 1 aliphatic rings. The van der Waals surface area contributed by atoms with E-state index in [2.05, 4.69) is 38.1 Å². The predicted molar refractivity (Wildman–Crippen MR) is 70.5 cm³/mol. The zero-order chi connectivity index (χ0) is 11.4. The van der Waals surface area contributed by atoms with Gasteiger partial charge in [-0.2, -0.15) is 0 Å². The monoisotopic (exact) mass is 215 g/mol. The van der Waals surface area contributed by atoms with E-state index in [-0.39, 0.29) is 0 Å². The Morgan fingerprint density at radius 1 is 1.12 bits per heavy atom. The zero-order valence-corrected chi connectivity index (χ0v) is 10.4. The van der Waals surface area contributed by atoms with Crippen LogP contribution in [0.4, 0.5) is 0 Å². The summed E-state index contributed by atoms with van der Waals surface area (Å²) in [6.07, 6.45) is 8.37. The van der Waals surface area contributed by atoms with Crippen molar-refractivity contribution in [1.29, 1.82) is 0 Å². The van der Waals surface area contributed by atoms with Gasteiger partial charge in [-0.25, -0.2) is 0 Å². The predicted octanol–water partition coefficient (Wildman–Crippen LogP) is 4.94. The molecule has 0 nitrogen and oxygen atoms in total. The average Bonchev–Trinajstić information content (AvgIpc) is 2.31. The lowest BCUT2D eigenvalue weighted by molar-refractivity contribution is 0.308. The molecular formula is C16H23. The molecule has 16 heavy (non-hydrogen) atoms. The molecule has 1 aliphatic carbocycles. The average molecular weight is 215 g/mol. The molecule has 1 aromatic carbocycles. The largest absolute Gasteiger partial charge is 0.0654 e. The van der Waals surface area contributed by atoms with Crippen molar-refractivity contribution in [1.82, 2.24) is 0 Å². The van der Waals surface area contributed by atoms with Crippen LogP contribution in [0.3, 0.4) is 0 Å². The van der Waals surface area contributed by atoms with E-state index in [1.54, 1.807) is 0 Å². The Labute approximate surface area is 100 Å². The van der Waals surface area contributed by atoms with Crippen molar-refractivity contribution >= 4 is 0 Å². The quantitative estimate of drug-likeness (QED) is 0.669. The van der Waals surface area contributed by atoms with Crippen molar-refractivity contribution in [3.05, 3.63) is 42.3 Å². The van der Waals surface area contributed by atoms with Gasteiger partial charge in [-0.3, -0.25) is 0 Å². The van der Waals surface area contributed by atoms with E-state index in [0.717, 1.165) is 11.8 Å². The maximum absolute atomic E-state index is 4.15. The lowest BCUT2D eigenvalue weighted by Crippen LogP contribution is -2.13. The maximum atomic E-state index is 4.15. The van der Waals surface area contributed by atoms with Gasteiger partial charge in [0.05, 0.1) is 0 Å². The van der Waals surface area contributed by atoms with Crippen LogP contribution in [0.15, 0.2) is 24.3 Å². The van der Waals surface area contributed by atoms with Gasteiger partial charge in [-0.1, -0.05) is 44.0 Å². The molecule has 1 fully saturated rings. The third-order valence-corrected chi connectivity index (χ3v) is 4.04. The second kappa shape index (κ2) is 5.52. The van der Waals surface area contributed by atoms with E-state index in [9.17, 15) is 0 Å². The summed E-state index contributed by atoms with van der Waals surface area (Å²) in [5, 5.41) is 0. The molecule has 0 aliphatic heterocycles. The van der Waals surface area contributed by atoms with E-state index < -0.39 is 0 Å². The van der Waals surface area contributed by atoms with Crippen molar-refractivity contribution in [2.24, 2.45) is 5.92 Å². The number of rotatable bonds is 3. The lowest BCUT2D eigenvalue weighted by atomic mass is 9.76. The van der Waals surface area contributed by atoms with Gasteiger partial charge in [-0.05, 0) is 55.6 Å². The van der Waals surface area contributed by atoms with Crippen molar-refractivity contribution in [3.63, 3.8) is 0 Å². The van der Waals surface area contributed by atoms with Gasteiger partial charge in [0.2, 0.25) is 0 Å². The Kier molecular flexibility index (Phi) is 4.04. The Morgan fingerprint density at radius 3 is 2.44 bits per heavy atom. The summed E-state index contributed by atoms with van der Waals surface area (Å²) in [7, 11) is 0. The SMILES string of the molecule is [CH2]c1ccccc1C1CCC(CCC)CC1. The zero-order valence-electron chi connectivity index (χ0n) is 10.4. The molecule has 0 heteroatoms. The van der Waals surface area contributed by atoms with Crippen molar-refractivity contribution < 1.29 is 0 Å². The molecule has 1 saturated carbocycles. The first-order chi connectivity index (χ1) is 7.81. The van der Waals surface area contributed by atoms with E-state index in [0.29, 0.717) is 0 Å². The minimum absolute atomic E-state index is 0.779. The van der Waals surface area contributed by atoms with Crippen LogP contribution < -0.4 is 0 Å². The van der Waals surface area contributed by atoms with Crippen LogP contribution in [0, 0.1) is 12.8 Å². The molecule has 0 aromatic heterocycles. The van der Waals surface area contributed by atoms with E-state index in [1.807, 2.05) is 0 Å². The minimum atomic E-state index is 0.779. The second-order valence-electron chi connectivity index (χ2n) is 5.21. The molecule has 0 atom stereocenters. The van der Waals surface area contributed by atoms with Crippen LogP contribution in [-0.4, -0.2) is 0 Å². The fourth-order valence-corrected chi connectivity index (χ4v) is 3.10. The summed E-state index contributed by atoms with van der Waals surface area (Å²) in [6.45, 7) is 6.45. The number of benzene rings is 1. The van der Waals surface area contributed by atoms with Gasteiger partial charge in [0.15, 0.2) is 0 Å². The van der Waals surface area contributed by atoms with Gasteiger partial charge >= 0.3 is 0 Å². The Balaban J connectivity index is 1.96. The van der Waals surface area contributed by atoms with Crippen LogP contribution in [0.1, 0.15) is 62.5 Å². The summed E-state index contributed by atoms with van der Waals surface area (Å²) >= 11 is 0. The van der Waals surface area contributed by atoms with Gasteiger partial charge < -0.3 is 0 Å². The highest BCUT2D eigenvalue weighted by molar-refractivity contribution is 5.32. The molecule has 0 amide bonds. The molecule has 1 aromatic rings.